The van der Waals surface area contributed by atoms with E-state index in [0.717, 1.165) is 10.9 Å². The van der Waals surface area contributed by atoms with Crippen LogP contribution in [0.25, 0.3) is 10.9 Å². The molecule has 1 aromatic heterocycles. The molecule has 0 saturated carbocycles. The zero-order chi connectivity index (χ0) is 10.1. The number of aromatic nitrogens is 1. The van der Waals surface area contributed by atoms with E-state index in [1.165, 1.54) is 6.07 Å². The molecule has 0 spiro atoms. The van der Waals surface area contributed by atoms with Gasteiger partial charge in [-0.3, -0.25) is 0 Å². The number of fused-ring (bicyclic) bond motifs is 1. The Kier molecular flexibility index (Phi) is 2.05. The van der Waals surface area contributed by atoms with E-state index in [1.807, 2.05) is 18.2 Å². The van der Waals surface area contributed by atoms with Crippen molar-refractivity contribution in [1.29, 1.82) is 0 Å². The van der Waals surface area contributed by atoms with Gasteiger partial charge >= 0.3 is 5.97 Å². The van der Waals surface area contributed by atoms with E-state index in [-0.39, 0.29) is 5.69 Å². The largest absolute Gasteiger partial charge is 0.477 e. The molecule has 1 aromatic carbocycles. The molecule has 2 N–H and O–H groups in total. The summed E-state index contributed by atoms with van der Waals surface area (Å²) in [7, 11) is 0. The van der Waals surface area contributed by atoms with Gasteiger partial charge < -0.3 is 10.1 Å². The molecule has 0 amide bonds. The Balaban J connectivity index is 2.86. The van der Waals surface area contributed by atoms with Gasteiger partial charge in [0, 0.05) is 15.4 Å². The maximum atomic E-state index is 10.7. The summed E-state index contributed by atoms with van der Waals surface area (Å²) in [6.45, 7) is 0. The Morgan fingerprint density at radius 2 is 2.07 bits per heavy atom. The van der Waals surface area contributed by atoms with Crippen molar-refractivity contribution in [3.8, 4) is 0 Å². The van der Waals surface area contributed by atoms with Crippen LogP contribution in [0.1, 0.15) is 10.5 Å². The van der Waals surface area contributed by atoms with Gasteiger partial charge in [-0.1, -0.05) is 30.4 Å². The van der Waals surface area contributed by atoms with Crippen molar-refractivity contribution in [2.45, 2.75) is 0 Å². The first-order valence-corrected chi connectivity index (χ1v) is 4.44. The Morgan fingerprint density at radius 1 is 1.36 bits per heavy atom. The van der Waals surface area contributed by atoms with E-state index in [0.29, 0.717) is 4.51 Å². The number of nitrogens with one attached hydrogen (secondary N) is 1. The van der Waals surface area contributed by atoms with E-state index in [4.69, 9.17) is 17.3 Å². The molecule has 70 valence electrons. The molecule has 0 aliphatic carbocycles. The number of aromatic carboxylic acids is 1. The molecule has 4 heteroatoms. The zero-order valence-corrected chi connectivity index (χ0v) is 7.97. The van der Waals surface area contributed by atoms with Crippen molar-refractivity contribution in [3.05, 3.63) is 40.5 Å². The first kappa shape index (κ1) is 8.90. The van der Waals surface area contributed by atoms with Crippen LogP contribution in [-0.4, -0.2) is 16.1 Å². The lowest BCUT2D eigenvalue weighted by molar-refractivity contribution is 0.0691. The summed E-state index contributed by atoms with van der Waals surface area (Å²) in [4.78, 5) is 13.5. The van der Waals surface area contributed by atoms with Crippen LogP contribution >= 0.6 is 12.2 Å². The Morgan fingerprint density at radius 3 is 2.79 bits per heavy atom. The number of carbonyl (C=O) groups is 1. The van der Waals surface area contributed by atoms with Crippen LogP contribution < -0.4 is 0 Å². The highest BCUT2D eigenvalue weighted by molar-refractivity contribution is 7.71. The van der Waals surface area contributed by atoms with Gasteiger partial charge in [-0.15, -0.1) is 0 Å². The van der Waals surface area contributed by atoms with E-state index in [2.05, 4.69) is 4.98 Å². The fraction of sp³-hybridized carbons (Fsp3) is 0. The molecule has 0 atom stereocenters. The van der Waals surface area contributed by atoms with Crippen LogP contribution in [0.5, 0.6) is 0 Å². The highest BCUT2D eigenvalue weighted by Crippen LogP contribution is 2.14. The maximum Gasteiger partial charge on any atom is 0.352 e. The molecule has 2 aromatic rings. The van der Waals surface area contributed by atoms with Crippen molar-refractivity contribution >= 4 is 29.1 Å². The molecule has 14 heavy (non-hydrogen) atoms. The molecule has 0 bridgehead atoms. The summed E-state index contributed by atoms with van der Waals surface area (Å²) < 4.78 is 0.553. The second-order valence-electron chi connectivity index (χ2n) is 2.90. The van der Waals surface area contributed by atoms with Crippen LogP contribution in [0.4, 0.5) is 0 Å². The third kappa shape index (κ3) is 1.40. The summed E-state index contributed by atoms with van der Waals surface area (Å²) in [5.41, 5.74) is 0.867. The molecule has 0 aliphatic heterocycles. The molecule has 1 heterocycles. The third-order valence-corrected chi connectivity index (χ3v) is 2.31. The Hall–Kier alpha value is -1.68. The lowest BCUT2D eigenvalue weighted by Gasteiger charge is -2.00. The number of carboxylic acid groups (broad SMARTS) is 1. The molecule has 2 rings (SSSR count). The van der Waals surface area contributed by atoms with Gasteiger partial charge in [0.15, 0.2) is 0 Å². The van der Waals surface area contributed by atoms with Gasteiger partial charge in [-0.25, -0.2) is 4.79 Å². The first-order valence-electron chi connectivity index (χ1n) is 4.04. The average Bonchev–Trinajstić information content (AvgIpc) is 2.17. The zero-order valence-electron chi connectivity index (χ0n) is 7.15. The molecule has 0 unspecified atom stereocenters. The minimum Gasteiger partial charge on any atom is -0.477 e. The van der Waals surface area contributed by atoms with Crippen LogP contribution in [0.15, 0.2) is 30.3 Å². The van der Waals surface area contributed by atoms with E-state index < -0.39 is 5.97 Å². The van der Waals surface area contributed by atoms with Crippen molar-refractivity contribution < 1.29 is 9.90 Å². The van der Waals surface area contributed by atoms with Crippen LogP contribution in [0.2, 0.25) is 0 Å². The number of carboxylic acids is 1. The fourth-order valence-corrected chi connectivity index (χ4v) is 1.61. The number of H-pyrrole nitrogens is 1. The number of rotatable bonds is 1. The number of aromatic amines is 1. The number of hydrogen-bond donors (Lipinski definition) is 2. The van der Waals surface area contributed by atoms with Crippen molar-refractivity contribution in [2.75, 3.05) is 0 Å². The lowest BCUT2D eigenvalue weighted by atomic mass is 10.2. The predicted molar refractivity (Wildman–Crippen MR) is 56.1 cm³/mol. The second kappa shape index (κ2) is 3.23. The third-order valence-electron chi connectivity index (χ3n) is 1.97. The Labute approximate surface area is 85.0 Å². The Bertz CT molecular complexity index is 559. The summed E-state index contributed by atoms with van der Waals surface area (Å²) in [5, 5.41) is 9.66. The minimum absolute atomic E-state index is 0.119. The molecule has 0 fully saturated rings. The summed E-state index contributed by atoms with van der Waals surface area (Å²) >= 11 is 5.08. The molecule has 3 nitrogen and oxygen atoms in total. The first-order chi connectivity index (χ1) is 6.68. The second-order valence-corrected chi connectivity index (χ2v) is 3.34. The van der Waals surface area contributed by atoms with Gasteiger partial charge in [-0.05, 0) is 12.1 Å². The fourth-order valence-electron chi connectivity index (χ4n) is 1.31. The monoisotopic (exact) mass is 205 g/mol. The normalized spacial score (nSPS) is 10.3. The highest BCUT2D eigenvalue weighted by atomic mass is 32.1. The summed E-state index contributed by atoms with van der Waals surface area (Å²) in [6, 6.07) is 8.82. The van der Waals surface area contributed by atoms with E-state index >= 15 is 0 Å². The summed E-state index contributed by atoms with van der Waals surface area (Å²) in [5.74, 6) is -0.998. The molecule has 0 aliphatic rings. The van der Waals surface area contributed by atoms with Crippen molar-refractivity contribution in [2.24, 2.45) is 0 Å². The number of pyridine rings is 1. The molecular weight excluding hydrogens is 198 g/mol. The maximum absolute atomic E-state index is 10.7. The lowest BCUT2D eigenvalue weighted by Crippen LogP contribution is -2.00. The molecule has 0 saturated heterocycles. The van der Waals surface area contributed by atoms with E-state index in [9.17, 15) is 4.79 Å². The van der Waals surface area contributed by atoms with E-state index in [1.54, 1.807) is 6.07 Å². The van der Waals surface area contributed by atoms with Crippen molar-refractivity contribution in [3.63, 3.8) is 0 Å². The topological polar surface area (TPSA) is 53.1 Å². The van der Waals surface area contributed by atoms with Gasteiger partial charge in [0.2, 0.25) is 0 Å². The SMILES string of the molecule is O=C(O)c1cc(=S)c2ccccc2[nH]1. The number of hydrogen-bond acceptors (Lipinski definition) is 2. The average molecular weight is 205 g/mol. The number of para-hydroxylation sites is 1. The van der Waals surface area contributed by atoms with Crippen LogP contribution in [0.3, 0.4) is 0 Å². The summed E-state index contributed by atoms with van der Waals surface area (Å²) in [6.07, 6.45) is 0. The van der Waals surface area contributed by atoms with Gasteiger partial charge in [0.1, 0.15) is 5.69 Å². The van der Waals surface area contributed by atoms with Crippen molar-refractivity contribution in [1.82, 2.24) is 4.98 Å². The van der Waals surface area contributed by atoms with Gasteiger partial charge in [0.25, 0.3) is 0 Å². The molecule has 0 radical (unpaired) electrons. The van der Waals surface area contributed by atoms with Gasteiger partial charge in [0.05, 0.1) is 0 Å². The smallest absolute Gasteiger partial charge is 0.352 e. The standard InChI is InChI=1S/C10H7NO2S/c12-10(13)8-5-9(14)6-3-1-2-4-7(6)11-8/h1-5H,(H,11,14)(H,12,13). The number of benzene rings is 1. The van der Waals surface area contributed by atoms with Gasteiger partial charge in [-0.2, -0.15) is 0 Å². The highest BCUT2D eigenvalue weighted by Gasteiger charge is 2.04. The van der Waals surface area contributed by atoms with Crippen LogP contribution in [-0.2, 0) is 0 Å². The minimum atomic E-state index is -0.998. The quantitative estimate of drug-likeness (QED) is 0.703. The predicted octanol–water partition coefficient (Wildman–Crippen LogP) is 2.60. The molecular formula is C10H7NO2S. The van der Waals surface area contributed by atoms with Crippen LogP contribution in [0, 0.1) is 4.51 Å².